The number of phosphoric acid groups is 1. The maximum atomic E-state index is 12.6. The molecule has 0 aromatic rings. The molecule has 5 nitrogen and oxygen atoms in total. The van der Waals surface area contributed by atoms with Crippen molar-refractivity contribution in [2.45, 2.75) is 65.6 Å². The third-order valence-corrected chi connectivity index (χ3v) is 4.60. The monoisotopic (exact) mass is 292 g/mol. The van der Waals surface area contributed by atoms with Gasteiger partial charge in [-0.1, -0.05) is 26.7 Å². The number of hydrogen-bond acceptors (Lipinski definition) is 5. The second-order valence-corrected chi connectivity index (χ2v) is 7.08. The lowest BCUT2D eigenvalue weighted by Gasteiger charge is -2.24. The Hall–Kier alpha value is -0.220. The van der Waals surface area contributed by atoms with E-state index in [0.29, 0.717) is 0 Å². The largest absolute Gasteiger partial charge is 0.475 e. The SMILES string of the molecule is CC(=O)C(C)OP(=O)(OCC(C)C)OC1CCCC1. The van der Waals surface area contributed by atoms with Gasteiger partial charge in [-0.3, -0.25) is 18.4 Å². The molecule has 1 saturated carbocycles. The van der Waals surface area contributed by atoms with Crippen LogP contribution in [0.1, 0.15) is 53.4 Å². The van der Waals surface area contributed by atoms with Gasteiger partial charge in [0, 0.05) is 0 Å². The molecule has 6 heteroatoms. The van der Waals surface area contributed by atoms with E-state index in [-0.39, 0.29) is 24.4 Å². The van der Waals surface area contributed by atoms with E-state index in [1.165, 1.54) is 6.92 Å². The van der Waals surface area contributed by atoms with Gasteiger partial charge in [0.25, 0.3) is 0 Å². The van der Waals surface area contributed by atoms with Gasteiger partial charge >= 0.3 is 7.82 Å². The summed E-state index contributed by atoms with van der Waals surface area (Å²) in [5, 5.41) is 0. The van der Waals surface area contributed by atoms with Crippen molar-refractivity contribution in [3.05, 3.63) is 0 Å². The van der Waals surface area contributed by atoms with Crippen molar-refractivity contribution in [2.24, 2.45) is 5.92 Å². The number of carbonyl (C=O) groups excluding carboxylic acids is 1. The summed E-state index contributed by atoms with van der Waals surface area (Å²) in [7, 11) is -3.65. The molecule has 19 heavy (non-hydrogen) atoms. The molecule has 1 aliphatic rings. The molecule has 0 spiro atoms. The van der Waals surface area contributed by atoms with Crippen molar-refractivity contribution < 1.29 is 22.9 Å². The number of Topliss-reactive ketones (excluding diaryl/α,β-unsaturated/α-hetero) is 1. The van der Waals surface area contributed by atoms with E-state index in [1.54, 1.807) is 6.92 Å². The maximum Gasteiger partial charge on any atom is 0.475 e. The molecule has 0 saturated heterocycles. The molecule has 1 rings (SSSR count). The number of rotatable bonds is 8. The Labute approximate surface area is 115 Å². The highest BCUT2D eigenvalue weighted by Crippen LogP contribution is 2.53. The van der Waals surface area contributed by atoms with Gasteiger partial charge in [-0.15, -0.1) is 0 Å². The van der Waals surface area contributed by atoms with E-state index in [0.717, 1.165) is 25.7 Å². The summed E-state index contributed by atoms with van der Waals surface area (Å²) < 4.78 is 28.7. The molecular formula is C13H25O5P. The van der Waals surface area contributed by atoms with Crippen LogP contribution in [0.15, 0.2) is 0 Å². The number of carbonyl (C=O) groups is 1. The molecule has 2 unspecified atom stereocenters. The average molecular weight is 292 g/mol. The Morgan fingerprint density at radius 2 is 1.84 bits per heavy atom. The first kappa shape index (κ1) is 16.8. The summed E-state index contributed by atoms with van der Waals surface area (Å²) in [6.45, 7) is 7.15. The van der Waals surface area contributed by atoms with Crippen LogP contribution >= 0.6 is 7.82 Å². The summed E-state index contributed by atoms with van der Waals surface area (Å²) >= 11 is 0. The predicted octanol–water partition coefficient (Wildman–Crippen LogP) is 3.72. The molecule has 0 bridgehead atoms. The predicted molar refractivity (Wildman–Crippen MR) is 73.0 cm³/mol. The van der Waals surface area contributed by atoms with Crippen molar-refractivity contribution in [1.29, 1.82) is 0 Å². The van der Waals surface area contributed by atoms with Gasteiger partial charge in [0.05, 0.1) is 12.7 Å². The summed E-state index contributed by atoms with van der Waals surface area (Å²) in [4.78, 5) is 11.2. The average Bonchev–Trinajstić information content (AvgIpc) is 2.78. The fourth-order valence-electron chi connectivity index (χ4n) is 1.77. The highest BCUT2D eigenvalue weighted by atomic mass is 31.2. The Kier molecular flexibility index (Phi) is 6.67. The first-order valence-corrected chi connectivity index (χ1v) is 8.40. The van der Waals surface area contributed by atoms with Crippen molar-refractivity contribution >= 4 is 13.6 Å². The van der Waals surface area contributed by atoms with Crippen LogP contribution in [0.5, 0.6) is 0 Å². The van der Waals surface area contributed by atoms with Gasteiger partial charge in [0.15, 0.2) is 5.78 Å². The normalized spacial score (nSPS) is 21.5. The second-order valence-electron chi connectivity index (χ2n) is 5.51. The van der Waals surface area contributed by atoms with Crippen LogP contribution in [0.4, 0.5) is 0 Å². The fraction of sp³-hybridized carbons (Fsp3) is 0.923. The van der Waals surface area contributed by atoms with Gasteiger partial charge in [-0.2, -0.15) is 0 Å². The molecule has 0 aromatic heterocycles. The third-order valence-electron chi connectivity index (χ3n) is 3.01. The Morgan fingerprint density at radius 1 is 1.26 bits per heavy atom. The fourth-order valence-corrected chi connectivity index (χ4v) is 3.53. The van der Waals surface area contributed by atoms with Gasteiger partial charge in [-0.25, -0.2) is 4.57 Å². The lowest BCUT2D eigenvalue weighted by atomic mass is 10.2. The quantitative estimate of drug-likeness (QED) is 0.638. The van der Waals surface area contributed by atoms with Crippen LogP contribution in [0.3, 0.4) is 0 Å². The van der Waals surface area contributed by atoms with Crippen LogP contribution in [0.25, 0.3) is 0 Å². The number of hydrogen-bond donors (Lipinski definition) is 0. The molecule has 1 fully saturated rings. The Morgan fingerprint density at radius 3 is 2.32 bits per heavy atom. The van der Waals surface area contributed by atoms with Gasteiger partial charge in [0.2, 0.25) is 0 Å². The molecule has 0 aliphatic heterocycles. The highest BCUT2D eigenvalue weighted by molar-refractivity contribution is 7.48. The Balaban J connectivity index is 2.64. The van der Waals surface area contributed by atoms with E-state index >= 15 is 0 Å². The summed E-state index contributed by atoms with van der Waals surface area (Å²) in [6, 6.07) is 0. The summed E-state index contributed by atoms with van der Waals surface area (Å²) in [5.41, 5.74) is 0. The minimum atomic E-state index is -3.65. The minimum Gasteiger partial charge on any atom is -0.297 e. The minimum absolute atomic E-state index is 0.0860. The van der Waals surface area contributed by atoms with E-state index in [2.05, 4.69) is 0 Å². The van der Waals surface area contributed by atoms with Crippen molar-refractivity contribution in [3.8, 4) is 0 Å². The second kappa shape index (κ2) is 7.53. The number of ketones is 1. The lowest BCUT2D eigenvalue weighted by molar-refractivity contribution is -0.124. The van der Waals surface area contributed by atoms with Crippen LogP contribution < -0.4 is 0 Å². The zero-order chi connectivity index (χ0) is 14.5. The van der Waals surface area contributed by atoms with E-state index in [1.807, 2.05) is 13.8 Å². The van der Waals surface area contributed by atoms with Gasteiger partial charge in [-0.05, 0) is 32.6 Å². The molecule has 0 N–H and O–H groups in total. The van der Waals surface area contributed by atoms with Gasteiger partial charge in [0.1, 0.15) is 6.10 Å². The first-order valence-electron chi connectivity index (χ1n) is 6.94. The molecule has 2 atom stereocenters. The van der Waals surface area contributed by atoms with E-state index in [9.17, 15) is 9.36 Å². The highest BCUT2D eigenvalue weighted by Gasteiger charge is 2.35. The summed E-state index contributed by atoms with van der Waals surface area (Å²) in [5.74, 6) is 0.0279. The standard InChI is InChI=1S/C13H25O5P/c1-10(2)9-16-19(15,17-12(4)11(3)14)18-13-7-5-6-8-13/h10,12-13H,5-9H2,1-4H3. The van der Waals surface area contributed by atoms with Crippen LogP contribution in [0.2, 0.25) is 0 Å². The molecule has 0 aromatic carbocycles. The van der Waals surface area contributed by atoms with Crippen molar-refractivity contribution in [3.63, 3.8) is 0 Å². The lowest BCUT2D eigenvalue weighted by Crippen LogP contribution is -2.20. The molecule has 0 amide bonds. The van der Waals surface area contributed by atoms with E-state index in [4.69, 9.17) is 13.6 Å². The van der Waals surface area contributed by atoms with Crippen LogP contribution in [-0.2, 0) is 22.9 Å². The molecule has 1 aliphatic carbocycles. The molecule has 112 valence electrons. The van der Waals surface area contributed by atoms with E-state index < -0.39 is 13.9 Å². The maximum absolute atomic E-state index is 12.6. The Bertz CT molecular complexity index is 336. The van der Waals surface area contributed by atoms with Crippen molar-refractivity contribution in [1.82, 2.24) is 0 Å². The topological polar surface area (TPSA) is 61.8 Å². The first-order chi connectivity index (χ1) is 8.82. The molecule has 0 radical (unpaired) electrons. The van der Waals surface area contributed by atoms with Crippen molar-refractivity contribution in [2.75, 3.05) is 6.61 Å². The third kappa shape index (κ3) is 6.17. The zero-order valence-corrected chi connectivity index (χ0v) is 13.2. The van der Waals surface area contributed by atoms with Gasteiger partial charge < -0.3 is 0 Å². The molecular weight excluding hydrogens is 267 g/mol. The smallest absolute Gasteiger partial charge is 0.297 e. The summed E-state index contributed by atoms with van der Waals surface area (Å²) in [6.07, 6.45) is 3.00. The molecule has 0 heterocycles. The van der Waals surface area contributed by atoms with Crippen LogP contribution in [0, 0.1) is 5.92 Å². The zero-order valence-electron chi connectivity index (χ0n) is 12.3. The number of phosphoric ester groups is 1. The van der Waals surface area contributed by atoms with Crippen LogP contribution in [-0.4, -0.2) is 24.6 Å².